The Morgan fingerprint density at radius 1 is 1.50 bits per heavy atom. The second-order valence-electron chi connectivity index (χ2n) is 4.29. The van der Waals surface area contributed by atoms with Gasteiger partial charge in [-0.2, -0.15) is 0 Å². The van der Waals surface area contributed by atoms with E-state index in [1.807, 2.05) is 11.3 Å². The molecule has 0 bridgehead atoms. The molecule has 2 atom stereocenters. The van der Waals surface area contributed by atoms with E-state index in [0.717, 1.165) is 0 Å². The van der Waals surface area contributed by atoms with Crippen molar-refractivity contribution in [1.82, 2.24) is 0 Å². The molecule has 1 aliphatic rings. The summed E-state index contributed by atoms with van der Waals surface area (Å²) in [7, 11) is 0. The summed E-state index contributed by atoms with van der Waals surface area (Å²) >= 11 is 1.85. The van der Waals surface area contributed by atoms with Crippen LogP contribution in [0.4, 0.5) is 0 Å². The van der Waals surface area contributed by atoms with Gasteiger partial charge in [0.15, 0.2) is 0 Å². The Balaban J connectivity index is 2.30. The van der Waals surface area contributed by atoms with Crippen LogP contribution < -0.4 is 5.73 Å². The van der Waals surface area contributed by atoms with Gasteiger partial charge in [-0.05, 0) is 29.3 Å². The zero-order valence-electron chi connectivity index (χ0n) is 7.79. The first kappa shape index (κ1) is 8.27. The van der Waals surface area contributed by atoms with E-state index in [2.05, 4.69) is 32.2 Å². The zero-order valence-corrected chi connectivity index (χ0v) is 8.61. The highest BCUT2D eigenvalue weighted by atomic mass is 32.1. The Kier molecular flexibility index (Phi) is 1.61. The fraction of sp³-hybridized carbons (Fsp3) is 0.600. The first-order valence-electron chi connectivity index (χ1n) is 4.34. The SMILES string of the molecule is Cc1ccsc1[C@@H]1[C@@H](N)C1(C)C. The summed E-state index contributed by atoms with van der Waals surface area (Å²) in [6, 6.07) is 2.55. The Morgan fingerprint density at radius 2 is 2.08 bits per heavy atom. The van der Waals surface area contributed by atoms with E-state index in [0.29, 0.717) is 17.4 Å². The number of hydrogen-bond acceptors (Lipinski definition) is 2. The summed E-state index contributed by atoms with van der Waals surface area (Å²) < 4.78 is 0. The van der Waals surface area contributed by atoms with Crippen molar-refractivity contribution < 1.29 is 0 Å². The Hall–Kier alpha value is -0.340. The van der Waals surface area contributed by atoms with Gasteiger partial charge in [0.05, 0.1) is 0 Å². The van der Waals surface area contributed by atoms with Crippen molar-refractivity contribution in [1.29, 1.82) is 0 Å². The fourth-order valence-corrected chi connectivity index (χ4v) is 3.15. The summed E-state index contributed by atoms with van der Waals surface area (Å²) in [5, 5.41) is 2.16. The highest BCUT2D eigenvalue weighted by Gasteiger charge is 2.57. The number of nitrogens with two attached hydrogens (primary N) is 1. The summed E-state index contributed by atoms with van der Waals surface area (Å²) in [4.78, 5) is 1.49. The van der Waals surface area contributed by atoms with Crippen LogP contribution >= 0.6 is 11.3 Å². The maximum atomic E-state index is 6.01. The average Bonchev–Trinajstić information content (AvgIpc) is 2.39. The van der Waals surface area contributed by atoms with Crippen LogP contribution in [0.3, 0.4) is 0 Å². The molecule has 1 aliphatic carbocycles. The highest BCUT2D eigenvalue weighted by molar-refractivity contribution is 7.10. The molecule has 2 heteroatoms. The lowest BCUT2D eigenvalue weighted by molar-refractivity contribution is 0.600. The van der Waals surface area contributed by atoms with Gasteiger partial charge in [0.1, 0.15) is 0 Å². The molecule has 12 heavy (non-hydrogen) atoms. The average molecular weight is 181 g/mol. The number of aryl methyl sites for hydroxylation is 1. The van der Waals surface area contributed by atoms with Crippen molar-refractivity contribution >= 4 is 11.3 Å². The van der Waals surface area contributed by atoms with Crippen molar-refractivity contribution in [3.05, 3.63) is 21.9 Å². The molecule has 1 fully saturated rings. The third-order valence-corrected chi connectivity index (χ3v) is 4.20. The lowest BCUT2D eigenvalue weighted by atomic mass is 10.1. The van der Waals surface area contributed by atoms with Crippen LogP contribution in [-0.4, -0.2) is 6.04 Å². The normalized spacial score (nSPS) is 32.0. The molecule has 0 aromatic carbocycles. The minimum Gasteiger partial charge on any atom is -0.327 e. The van der Waals surface area contributed by atoms with Crippen LogP contribution in [0.15, 0.2) is 11.4 Å². The van der Waals surface area contributed by atoms with Gasteiger partial charge < -0.3 is 5.73 Å². The molecule has 2 N–H and O–H groups in total. The third kappa shape index (κ3) is 0.947. The minimum atomic E-state index is 0.329. The first-order valence-corrected chi connectivity index (χ1v) is 5.22. The molecule has 1 aromatic rings. The largest absolute Gasteiger partial charge is 0.327 e. The van der Waals surface area contributed by atoms with E-state index < -0.39 is 0 Å². The molecule has 1 nitrogen and oxygen atoms in total. The van der Waals surface area contributed by atoms with Gasteiger partial charge in [-0.1, -0.05) is 13.8 Å². The first-order chi connectivity index (χ1) is 5.55. The Labute approximate surface area is 77.6 Å². The van der Waals surface area contributed by atoms with Crippen molar-refractivity contribution in [2.75, 3.05) is 0 Å². The summed E-state index contributed by atoms with van der Waals surface area (Å²) in [5.74, 6) is 0.609. The molecule has 0 saturated heterocycles. The molecule has 1 heterocycles. The van der Waals surface area contributed by atoms with E-state index in [-0.39, 0.29) is 0 Å². The van der Waals surface area contributed by atoms with Crippen LogP contribution in [-0.2, 0) is 0 Å². The van der Waals surface area contributed by atoms with Crippen LogP contribution in [0.1, 0.15) is 30.2 Å². The number of hydrogen-bond donors (Lipinski definition) is 1. The van der Waals surface area contributed by atoms with Crippen LogP contribution in [0.2, 0.25) is 0 Å². The highest BCUT2D eigenvalue weighted by Crippen LogP contribution is 2.59. The monoisotopic (exact) mass is 181 g/mol. The topological polar surface area (TPSA) is 26.0 Å². The number of rotatable bonds is 1. The maximum absolute atomic E-state index is 6.01. The molecule has 1 saturated carbocycles. The molecule has 0 spiro atoms. The molecule has 0 aliphatic heterocycles. The molecular formula is C10H15NS. The molecule has 2 rings (SSSR count). The van der Waals surface area contributed by atoms with E-state index >= 15 is 0 Å². The minimum absolute atomic E-state index is 0.329. The van der Waals surface area contributed by atoms with E-state index in [9.17, 15) is 0 Å². The van der Waals surface area contributed by atoms with Gasteiger partial charge in [0.2, 0.25) is 0 Å². The van der Waals surface area contributed by atoms with Crippen LogP contribution in [0.25, 0.3) is 0 Å². The Bertz CT molecular complexity index is 301. The Morgan fingerprint density at radius 3 is 2.42 bits per heavy atom. The number of thiophene rings is 1. The quantitative estimate of drug-likeness (QED) is 0.708. The molecule has 1 aromatic heterocycles. The predicted octanol–water partition coefficient (Wildman–Crippen LogP) is 2.51. The van der Waals surface area contributed by atoms with Crippen LogP contribution in [0, 0.1) is 12.3 Å². The van der Waals surface area contributed by atoms with Gasteiger partial charge in [-0.15, -0.1) is 11.3 Å². The second kappa shape index (κ2) is 2.33. The van der Waals surface area contributed by atoms with Gasteiger partial charge in [-0.3, -0.25) is 0 Å². The smallest absolute Gasteiger partial charge is 0.0180 e. The molecule has 66 valence electrons. The van der Waals surface area contributed by atoms with E-state index in [4.69, 9.17) is 5.73 Å². The van der Waals surface area contributed by atoms with E-state index in [1.165, 1.54) is 10.4 Å². The van der Waals surface area contributed by atoms with Gasteiger partial charge >= 0.3 is 0 Å². The van der Waals surface area contributed by atoms with Crippen molar-refractivity contribution in [3.8, 4) is 0 Å². The van der Waals surface area contributed by atoms with Crippen molar-refractivity contribution in [2.24, 2.45) is 11.1 Å². The zero-order chi connectivity index (χ0) is 8.93. The standard InChI is InChI=1S/C10H15NS/c1-6-4-5-12-8(6)7-9(11)10(7,2)3/h4-5,7,9H,11H2,1-3H3/t7-,9-/m1/s1. The molecule has 0 amide bonds. The molecular weight excluding hydrogens is 166 g/mol. The molecule has 0 radical (unpaired) electrons. The summed E-state index contributed by atoms with van der Waals surface area (Å²) in [6.07, 6.45) is 0. The van der Waals surface area contributed by atoms with Gasteiger partial charge in [-0.25, -0.2) is 0 Å². The van der Waals surface area contributed by atoms with Gasteiger partial charge in [0.25, 0.3) is 0 Å². The predicted molar refractivity (Wildman–Crippen MR) is 53.6 cm³/mol. The van der Waals surface area contributed by atoms with Gasteiger partial charge in [0, 0.05) is 16.8 Å². The van der Waals surface area contributed by atoms with Crippen molar-refractivity contribution in [3.63, 3.8) is 0 Å². The molecule has 0 unspecified atom stereocenters. The summed E-state index contributed by atoms with van der Waals surface area (Å²) in [5.41, 5.74) is 7.75. The maximum Gasteiger partial charge on any atom is 0.0180 e. The second-order valence-corrected chi connectivity index (χ2v) is 5.24. The van der Waals surface area contributed by atoms with Crippen LogP contribution in [0.5, 0.6) is 0 Å². The van der Waals surface area contributed by atoms with Crippen molar-refractivity contribution in [2.45, 2.75) is 32.7 Å². The fourth-order valence-electron chi connectivity index (χ4n) is 1.88. The summed E-state index contributed by atoms with van der Waals surface area (Å²) in [6.45, 7) is 6.68. The third-order valence-electron chi connectivity index (χ3n) is 3.09. The lowest BCUT2D eigenvalue weighted by Gasteiger charge is -2.00. The lowest BCUT2D eigenvalue weighted by Crippen LogP contribution is -2.06. The van der Waals surface area contributed by atoms with E-state index in [1.54, 1.807) is 0 Å².